The Morgan fingerprint density at radius 2 is 1.35 bits per heavy atom. The number of alkyl carbamates (subject to hydrolysis) is 2. The van der Waals surface area contributed by atoms with Crippen LogP contribution in [0.25, 0.3) is 11.0 Å². The van der Waals surface area contributed by atoms with Crippen molar-refractivity contribution in [2.45, 2.75) is 84.0 Å². The first kappa shape index (κ1) is 37.9. The lowest BCUT2D eigenvalue weighted by atomic mass is 9.99. The Balaban J connectivity index is 1.10. The first-order valence-electron chi connectivity index (χ1n) is 18.5. The Morgan fingerprint density at radius 3 is 1.94 bits per heavy atom. The maximum Gasteiger partial charge on any atom is 0.407 e. The van der Waals surface area contributed by atoms with E-state index >= 15 is 0 Å². The summed E-state index contributed by atoms with van der Waals surface area (Å²) in [6.45, 7) is 8.79. The van der Waals surface area contributed by atoms with Crippen molar-refractivity contribution in [1.29, 1.82) is 0 Å². The van der Waals surface area contributed by atoms with Crippen LogP contribution in [0.15, 0.2) is 41.4 Å². The molecule has 3 N–H and O–H groups in total. The highest BCUT2D eigenvalue weighted by Gasteiger charge is 2.39. The van der Waals surface area contributed by atoms with Gasteiger partial charge in [-0.1, -0.05) is 39.5 Å². The zero-order valence-corrected chi connectivity index (χ0v) is 31.6. The third-order valence-electron chi connectivity index (χ3n) is 10.2. The molecule has 2 fully saturated rings. The Hall–Kier alpha value is -5.82. The van der Waals surface area contributed by atoms with Crippen molar-refractivity contribution in [3.63, 3.8) is 0 Å². The monoisotopic (exact) mass is 733 g/mol. The average molecular weight is 734 g/mol. The van der Waals surface area contributed by atoms with Gasteiger partial charge < -0.3 is 34.9 Å². The second-order valence-electron chi connectivity index (χ2n) is 14.6. The van der Waals surface area contributed by atoms with E-state index in [4.69, 9.17) is 19.5 Å². The van der Waals surface area contributed by atoms with Crippen LogP contribution in [0, 0.1) is 35.5 Å². The van der Waals surface area contributed by atoms with Gasteiger partial charge in [-0.25, -0.2) is 14.6 Å². The number of hydrogen-bond acceptors (Lipinski definition) is 8. The number of rotatable bonds is 8. The van der Waals surface area contributed by atoms with Crippen molar-refractivity contribution < 1.29 is 28.7 Å². The number of benzene rings is 2. The van der Waals surface area contributed by atoms with Crippen molar-refractivity contribution in [2.75, 3.05) is 27.3 Å². The molecule has 282 valence electrons. The third kappa shape index (κ3) is 8.21. The predicted octanol–water partition coefficient (Wildman–Crippen LogP) is 5.01. The number of amides is 4. The van der Waals surface area contributed by atoms with Crippen molar-refractivity contribution in [1.82, 2.24) is 30.4 Å². The summed E-state index contributed by atoms with van der Waals surface area (Å²) in [4.78, 5) is 67.7. The maximum absolute atomic E-state index is 13.5. The lowest BCUT2D eigenvalue weighted by Gasteiger charge is -2.30. The van der Waals surface area contributed by atoms with Gasteiger partial charge in [0.05, 0.1) is 43.0 Å². The molecule has 2 aromatic carbocycles. The Kier molecular flexibility index (Phi) is 11.6. The van der Waals surface area contributed by atoms with Gasteiger partial charge in [-0.05, 0) is 91.3 Å². The van der Waals surface area contributed by atoms with Gasteiger partial charge in [0.2, 0.25) is 11.8 Å². The van der Waals surface area contributed by atoms with E-state index in [9.17, 15) is 19.2 Å². The molecule has 6 rings (SSSR count). The highest BCUT2D eigenvalue weighted by atomic mass is 16.5. The second-order valence-corrected chi connectivity index (χ2v) is 14.6. The lowest BCUT2D eigenvalue weighted by Crippen LogP contribution is -2.53. The SMILES string of the molecule is COC(=O)N[C@H](C(=O)N1CCCC1c1nc2ccc(C#CC#Cc3ccc4c(c3)CC([C@@H]3CCCN3C(=O)[C@@H](NC(=O)OC)C(C)C)=N4)cc2[nH]1)C(C)C. The van der Waals surface area contributed by atoms with Gasteiger partial charge in [-0.15, -0.1) is 0 Å². The summed E-state index contributed by atoms with van der Waals surface area (Å²) in [7, 11) is 2.57. The molecule has 4 amide bonds. The van der Waals surface area contributed by atoms with Gasteiger partial charge in [-0.3, -0.25) is 14.6 Å². The molecule has 1 unspecified atom stereocenters. The fourth-order valence-electron chi connectivity index (χ4n) is 7.42. The lowest BCUT2D eigenvalue weighted by molar-refractivity contribution is -0.135. The van der Waals surface area contributed by atoms with E-state index in [0.29, 0.717) is 25.3 Å². The molecule has 54 heavy (non-hydrogen) atoms. The summed E-state index contributed by atoms with van der Waals surface area (Å²) in [6.07, 6.45) is 2.67. The van der Waals surface area contributed by atoms with Crippen LogP contribution in [0.2, 0.25) is 0 Å². The number of carbonyl (C=O) groups excluding carboxylic acids is 4. The smallest absolute Gasteiger partial charge is 0.407 e. The van der Waals surface area contributed by atoms with Crippen molar-refractivity contribution >= 4 is 46.4 Å². The fraction of sp³-hybridized carbons (Fsp3) is 0.463. The second kappa shape index (κ2) is 16.5. The highest BCUT2D eigenvalue weighted by Crippen LogP contribution is 2.34. The number of fused-ring (bicyclic) bond motifs is 2. The molecule has 2 saturated heterocycles. The molecule has 13 heteroatoms. The number of H-pyrrole nitrogens is 1. The number of nitrogens with zero attached hydrogens (tertiary/aromatic N) is 4. The molecule has 0 spiro atoms. The van der Waals surface area contributed by atoms with Crippen LogP contribution in [0.3, 0.4) is 0 Å². The molecule has 3 aliphatic heterocycles. The van der Waals surface area contributed by atoms with Gasteiger partial charge in [0.15, 0.2) is 0 Å². The number of aromatic amines is 1. The largest absolute Gasteiger partial charge is 0.453 e. The van der Waals surface area contributed by atoms with Gasteiger partial charge in [0, 0.05) is 36.3 Å². The number of methoxy groups -OCH3 is 2. The topological polar surface area (TPSA) is 158 Å². The molecule has 0 saturated carbocycles. The zero-order chi connectivity index (χ0) is 38.5. The molecule has 4 atom stereocenters. The van der Waals surface area contributed by atoms with Crippen molar-refractivity contribution in [3.8, 4) is 23.7 Å². The quantitative estimate of drug-likeness (QED) is 0.275. The Bertz CT molecular complexity index is 2100. The molecular formula is C41H47N7O6. The molecule has 0 radical (unpaired) electrons. The number of likely N-dealkylation sites (tertiary alicyclic amines) is 2. The number of nitrogens with one attached hydrogen (secondary N) is 3. The number of imidazole rings is 1. The first-order chi connectivity index (χ1) is 26.0. The number of ether oxygens (including phenoxy) is 2. The third-order valence-corrected chi connectivity index (χ3v) is 10.2. The molecule has 0 bridgehead atoms. The molecule has 1 aromatic heterocycles. The van der Waals surface area contributed by atoms with E-state index in [0.717, 1.165) is 64.8 Å². The number of hydrogen-bond donors (Lipinski definition) is 3. The molecule has 3 aromatic rings. The maximum atomic E-state index is 13.5. The molecule has 13 nitrogen and oxygen atoms in total. The van der Waals surface area contributed by atoms with E-state index in [-0.39, 0.29) is 35.7 Å². The van der Waals surface area contributed by atoms with E-state index < -0.39 is 24.3 Å². The van der Waals surface area contributed by atoms with E-state index in [2.05, 4.69) is 39.3 Å². The van der Waals surface area contributed by atoms with Crippen molar-refractivity contribution in [3.05, 3.63) is 58.9 Å². The average Bonchev–Trinajstić information content (AvgIpc) is 3.98. The zero-order valence-electron chi connectivity index (χ0n) is 31.6. The molecular weight excluding hydrogens is 686 g/mol. The minimum atomic E-state index is -0.699. The minimum absolute atomic E-state index is 0.0968. The normalized spacial score (nSPS) is 18.6. The molecule has 3 aliphatic rings. The van der Waals surface area contributed by atoms with Crippen LogP contribution in [0.1, 0.15) is 81.9 Å². The summed E-state index contributed by atoms with van der Waals surface area (Å²) >= 11 is 0. The predicted molar refractivity (Wildman–Crippen MR) is 204 cm³/mol. The summed E-state index contributed by atoms with van der Waals surface area (Å²) < 4.78 is 9.50. The Labute approximate surface area is 315 Å². The van der Waals surface area contributed by atoms with Gasteiger partial charge in [0.1, 0.15) is 17.9 Å². The standard InChI is InChI=1S/C41H47N7O6/c1-24(2)35(45-40(51)53-5)38(49)47-19-9-13-33(47)32-23-28-21-26(15-17-29(28)42-32)11-7-8-12-27-16-18-30-31(22-27)44-37(43-30)34-14-10-20-48(34)39(50)36(25(3)4)46-41(52)54-6/h15-18,21-22,24-25,33-36H,9-10,13-14,19-20,23H2,1-6H3,(H,43,44)(H,45,51)(H,46,52)/t33-,34?,35-,36-/m0/s1. The van der Waals surface area contributed by atoms with Crippen molar-refractivity contribution in [2.24, 2.45) is 16.8 Å². The Morgan fingerprint density at radius 1 is 0.796 bits per heavy atom. The number of aliphatic imine (C=N–C) groups is 1. The highest BCUT2D eigenvalue weighted by molar-refractivity contribution is 6.01. The van der Waals surface area contributed by atoms with E-state index in [1.165, 1.54) is 14.2 Å². The van der Waals surface area contributed by atoms with Crippen LogP contribution in [-0.4, -0.2) is 94.9 Å². The van der Waals surface area contributed by atoms with E-state index in [1.807, 2.05) is 69.0 Å². The van der Waals surface area contributed by atoms with Crippen LogP contribution in [0.5, 0.6) is 0 Å². The summed E-state index contributed by atoms with van der Waals surface area (Å²) in [5, 5.41) is 5.39. The van der Waals surface area contributed by atoms with E-state index in [1.54, 1.807) is 4.90 Å². The molecule has 4 heterocycles. The fourth-order valence-corrected chi connectivity index (χ4v) is 7.42. The number of carbonyl (C=O) groups is 4. The summed E-state index contributed by atoms with van der Waals surface area (Å²) in [5.41, 5.74) is 6.07. The van der Waals surface area contributed by atoms with Crippen LogP contribution in [-0.2, 0) is 25.5 Å². The first-order valence-corrected chi connectivity index (χ1v) is 18.5. The van der Waals surface area contributed by atoms with Gasteiger partial charge >= 0.3 is 12.2 Å². The van der Waals surface area contributed by atoms with Crippen LogP contribution in [0.4, 0.5) is 15.3 Å². The summed E-state index contributed by atoms with van der Waals surface area (Å²) in [6, 6.07) is 9.91. The summed E-state index contributed by atoms with van der Waals surface area (Å²) in [5.74, 6) is 12.4. The minimum Gasteiger partial charge on any atom is -0.453 e. The van der Waals surface area contributed by atoms with Crippen LogP contribution < -0.4 is 10.6 Å². The van der Waals surface area contributed by atoms with Gasteiger partial charge in [0.25, 0.3) is 0 Å². The molecule has 0 aliphatic carbocycles. The van der Waals surface area contributed by atoms with Gasteiger partial charge in [-0.2, -0.15) is 0 Å². The van der Waals surface area contributed by atoms with Crippen LogP contribution >= 0.6 is 0 Å². The number of aromatic nitrogens is 2.